The molecule has 172 valence electrons. The van der Waals surface area contributed by atoms with Crippen molar-refractivity contribution in [3.63, 3.8) is 0 Å². The van der Waals surface area contributed by atoms with Crippen LogP contribution in [0.4, 0.5) is 13.2 Å². The highest BCUT2D eigenvalue weighted by atomic mass is 19.4. The standard InChI is InChI=1S/C24H18F3N5O2/c25-24(26,27)14-34-23-30-10-8-20(32-23)16-2-4-17(5-3-16)22(33)29-9-7-15-1-6-21-19(11-15)18(12-28)13-31-21/h1-6,8,10-11,13,31H,7,9,14H2,(H,29,33). The van der Waals surface area contributed by atoms with Gasteiger partial charge in [-0.05, 0) is 42.3 Å². The molecular weight excluding hydrogens is 447 g/mol. The molecule has 2 heterocycles. The quantitative estimate of drug-likeness (QED) is 0.421. The number of nitrogens with one attached hydrogen (secondary N) is 2. The minimum Gasteiger partial charge on any atom is -0.454 e. The number of aromatic amines is 1. The molecule has 0 saturated carbocycles. The number of aromatic nitrogens is 3. The molecule has 4 rings (SSSR count). The van der Waals surface area contributed by atoms with Gasteiger partial charge in [0.1, 0.15) is 6.07 Å². The van der Waals surface area contributed by atoms with Crippen LogP contribution in [0.25, 0.3) is 22.2 Å². The first-order valence-corrected chi connectivity index (χ1v) is 10.2. The number of nitrogens with zero attached hydrogens (tertiary/aromatic N) is 3. The highest BCUT2D eigenvalue weighted by molar-refractivity contribution is 5.94. The fourth-order valence-electron chi connectivity index (χ4n) is 3.35. The van der Waals surface area contributed by atoms with Crippen molar-refractivity contribution in [2.45, 2.75) is 12.6 Å². The van der Waals surface area contributed by atoms with Crippen molar-refractivity contribution in [2.24, 2.45) is 0 Å². The Morgan fingerprint density at radius 3 is 2.68 bits per heavy atom. The van der Waals surface area contributed by atoms with Gasteiger partial charge >= 0.3 is 12.2 Å². The van der Waals surface area contributed by atoms with E-state index in [4.69, 9.17) is 5.26 Å². The molecule has 0 bridgehead atoms. The molecule has 4 aromatic rings. The van der Waals surface area contributed by atoms with E-state index in [1.54, 1.807) is 30.5 Å². The third kappa shape index (κ3) is 5.50. The smallest absolute Gasteiger partial charge is 0.422 e. The van der Waals surface area contributed by atoms with Crippen LogP contribution in [0.3, 0.4) is 0 Å². The lowest BCUT2D eigenvalue weighted by Gasteiger charge is -2.09. The number of benzene rings is 2. The first kappa shape index (κ1) is 22.8. The van der Waals surface area contributed by atoms with E-state index >= 15 is 0 Å². The van der Waals surface area contributed by atoms with E-state index in [-0.39, 0.29) is 11.9 Å². The Morgan fingerprint density at radius 1 is 1.15 bits per heavy atom. The molecule has 0 radical (unpaired) electrons. The maximum absolute atomic E-state index is 12.5. The molecule has 2 aromatic carbocycles. The minimum absolute atomic E-state index is 0.260. The van der Waals surface area contributed by atoms with Crippen molar-refractivity contribution >= 4 is 16.8 Å². The number of hydrogen-bond donors (Lipinski definition) is 2. The van der Waals surface area contributed by atoms with Crippen LogP contribution in [-0.2, 0) is 6.42 Å². The van der Waals surface area contributed by atoms with Crippen LogP contribution >= 0.6 is 0 Å². The van der Waals surface area contributed by atoms with Gasteiger partial charge in [0.25, 0.3) is 5.91 Å². The number of fused-ring (bicyclic) bond motifs is 1. The predicted molar refractivity (Wildman–Crippen MR) is 118 cm³/mol. The van der Waals surface area contributed by atoms with Crippen LogP contribution in [0.2, 0.25) is 0 Å². The van der Waals surface area contributed by atoms with Crippen molar-refractivity contribution in [1.82, 2.24) is 20.3 Å². The summed E-state index contributed by atoms with van der Waals surface area (Å²) in [5.74, 6) is -0.260. The summed E-state index contributed by atoms with van der Waals surface area (Å²) in [7, 11) is 0. The van der Waals surface area contributed by atoms with E-state index in [9.17, 15) is 18.0 Å². The average Bonchev–Trinajstić information content (AvgIpc) is 3.25. The molecule has 0 saturated heterocycles. The van der Waals surface area contributed by atoms with Gasteiger partial charge in [0, 0.05) is 41.0 Å². The molecule has 0 fully saturated rings. The number of alkyl halides is 3. The first-order valence-electron chi connectivity index (χ1n) is 10.2. The largest absolute Gasteiger partial charge is 0.454 e. The summed E-state index contributed by atoms with van der Waals surface area (Å²) in [6.45, 7) is -1.07. The molecule has 34 heavy (non-hydrogen) atoms. The lowest BCUT2D eigenvalue weighted by Crippen LogP contribution is -2.25. The Hall–Kier alpha value is -4.39. The third-order valence-electron chi connectivity index (χ3n) is 5.01. The Labute approximate surface area is 192 Å². The summed E-state index contributed by atoms with van der Waals surface area (Å²) in [6.07, 6.45) is -0.920. The van der Waals surface area contributed by atoms with Crippen molar-refractivity contribution in [3.8, 4) is 23.3 Å². The Bertz CT molecular complexity index is 1360. The number of nitriles is 1. The molecule has 7 nitrogen and oxygen atoms in total. The van der Waals surface area contributed by atoms with E-state index < -0.39 is 12.8 Å². The van der Waals surface area contributed by atoms with Crippen LogP contribution in [0, 0.1) is 11.3 Å². The zero-order valence-corrected chi connectivity index (χ0v) is 17.7. The van der Waals surface area contributed by atoms with Crippen LogP contribution in [-0.4, -0.2) is 40.2 Å². The number of halogens is 3. The number of rotatable bonds is 7. The molecule has 0 aliphatic rings. The van der Waals surface area contributed by atoms with Gasteiger partial charge in [-0.1, -0.05) is 18.2 Å². The van der Waals surface area contributed by atoms with Crippen LogP contribution in [0.15, 0.2) is 60.9 Å². The van der Waals surface area contributed by atoms with Gasteiger partial charge in [-0.25, -0.2) is 4.98 Å². The monoisotopic (exact) mass is 465 g/mol. The summed E-state index contributed by atoms with van der Waals surface area (Å²) in [5.41, 5.74) is 3.85. The van der Waals surface area contributed by atoms with Crippen LogP contribution in [0.1, 0.15) is 21.5 Å². The maximum atomic E-state index is 12.5. The Morgan fingerprint density at radius 2 is 1.94 bits per heavy atom. The van der Waals surface area contributed by atoms with Crippen molar-refractivity contribution in [3.05, 3.63) is 77.6 Å². The number of hydrogen-bond acceptors (Lipinski definition) is 5. The fraction of sp³-hybridized carbons (Fsp3) is 0.167. The van der Waals surface area contributed by atoms with E-state index in [2.05, 4.69) is 31.1 Å². The molecular formula is C24H18F3N5O2. The SMILES string of the molecule is N#Cc1c[nH]c2ccc(CCNC(=O)c3ccc(-c4ccnc(OCC(F)(F)F)n4)cc3)cc12. The second kappa shape index (κ2) is 9.62. The number of H-pyrrole nitrogens is 1. The van der Waals surface area contributed by atoms with E-state index in [1.165, 1.54) is 12.3 Å². The number of carbonyl (C=O) groups excluding carboxylic acids is 1. The molecule has 0 aliphatic heterocycles. The van der Waals surface area contributed by atoms with Gasteiger partial charge < -0.3 is 15.0 Å². The highest BCUT2D eigenvalue weighted by Gasteiger charge is 2.29. The van der Waals surface area contributed by atoms with Gasteiger partial charge in [0.15, 0.2) is 6.61 Å². The normalized spacial score (nSPS) is 11.2. The fourth-order valence-corrected chi connectivity index (χ4v) is 3.35. The van der Waals surface area contributed by atoms with Crippen LogP contribution < -0.4 is 10.1 Å². The van der Waals surface area contributed by atoms with Gasteiger partial charge in [-0.15, -0.1) is 0 Å². The summed E-state index contributed by atoms with van der Waals surface area (Å²) >= 11 is 0. The van der Waals surface area contributed by atoms with Crippen molar-refractivity contribution < 1.29 is 22.7 Å². The highest BCUT2D eigenvalue weighted by Crippen LogP contribution is 2.21. The van der Waals surface area contributed by atoms with E-state index in [1.807, 2.05) is 18.2 Å². The van der Waals surface area contributed by atoms with E-state index in [0.29, 0.717) is 35.3 Å². The number of carbonyl (C=O) groups is 1. The first-order chi connectivity index (χ1) is 16.3. The third-order valence-corrected chi connectivity index (χ3v) is 5.01. The van der Waals surface area contributed by atoms with Crippen LogP contribution in [0.5, 0.6) is 6.01 Å². The number of ether oxygens (including phenoxy) is 1. The molecule has 2 aromatic heterocycles. The van der Waals surface area contributed by atoms with Gasteiger partial charge in [-0.2, -0.15) is 23.4 Å². The zero-order valence-electron chi connectivity index (χ0n) is 17.7. The topological polar surface area (TPSA) is 104 Å². The second-order valence-corrected chi connectivity index (χ2v) is 7.41. The van der Waals surface area contributed by atoms with Crippen molar-refractivity contribution in [1.29, 1.82) is 5.26 Å². The molecule has 10 heteroatoms. The van der Waals surface area contributed by atoms with Crippen molar-refractivity contribution in [2.75, 3.05) is 13.2 Å². The van der Waals surface area contributed by atoms with Gasteiger partial charge in [0.05, 0.1) is 11.3 Å². The van der Waals surface area contributed by atoms with E-state index in [0.717, 1.165) is 16.5 Å². The molecule has 0 aliphatic carbocycles. The van der Waals surface area contributed by atoms with Gasteiger partial charge in [0.2, 0.25) is 0 Å². The molecule has 1 amide bonds. The lowest BCUT2D eigenvalue weighted by molar-refractivity contribution is -0.154. The number of amides is 1. The Kier molecular flexibility index (Phi) is 6.45. The molecule has 0 spiro atoms. The predicted octanol–water partition coefficient (Wildman–Crippen LogP) is 4.41. The maximum Gasteiger partial charge on any atom is 0.422 e. The molecule has 2 N–H and O–H groups in total. The summed E-state index contributed by atoms with van der Waals surface area (Å²) in [6, 6.07) is 15.6. The summed E-state index contributed by atoms with van der Waals surface area (Å²) in [5, 5.41) is 12.9. The average molecular weight is 465 g/mol. The summed E-state index contributed by atoms with van der Waals surface area (Å²) < 4.78 is 41.5. The zero-order chi connectivity index (χ0) is 24.1. The lowest BCUT2D eigenvalue weighted by atomic mass is 10.1. The molecule has 0 unspecified atom stereocenters. The van der Waals surface area contributed by atoms with Gasteiger partial charge in [-0.3, -0.25) is 4.79 Å². The Balaban J connectivity index is 1.35. The second-order valence-electron chi connectivity index (χ2n) is 7.41. The minimum atomic E-state index is -4.48. The summed E-state index contributed by atoms with van der Waals surface area (Å²) in [4.78, 5) is 23.2. The molecule has 0 atom stereocenters.